The van der Waals surface area contributed by atoms with Gasteiger partial charge in [-0.3, -0.25) is 4.79 Å². The molecule has 1 aromatic rings. The monoisotopic (exact) mass is 208 g/mol. The lowest BCUT2D eigenvalue weighted by Gasteiger charge is -2.06. The molecule has 1 aromatic carbocycles. The zero-order chi connectivity index (χ0) is 11.1. The van der Waals surface area contributed by atoms with Gasteiger partial charge in [-0.25, -0.2) is 0 Å². The number of anilines is 1. The Morgan fingerprint density at radius 1 is 1.47 bits per heavy atom. The first kappa shape index (κ1) is 11.5. The summed E-state index contributed by atoms with van der Waals surface area (Å²) in [5.41, 5.74) is 0.747. The predicted octanol–water partition coefficient (Wildman–Crippen LogP) is 1.24. The summed E-state index contributed by atoms with van der Waals surface area (Å²) in [4.78, 5) is 11.4. The molecule has 0 heterocycles. The van der Waals surface area contributed by atoms with Gasteiger partial charge in [0.25, 0.3) is 0 Å². The molecule has 2 N–H and O–H groups in total. The van der Waals surface area contributed by atoms with Crippen molar-refractivity contribution < 1.29 is 9.53 Å². The number of likely N-dealkylation sites (N-methyl/N-ethyl adjacent to an activating group) is 1. The highest BCUT2D eigenvalue weighted by Gasteiger charge is 2.01. The Morgan fingerprint density at radius 2 is 2.27 bits per heavy atom. The van der Waals surface area contributed by atoms with Crippen LogP contribution in [0.2, 0.25) is 0 Å². The average Bonchev–Trinajstić information content (AvgIpc) is 2.26. The van der Waals surface area contributed by atoms with Crippen molar-refractivity contribution in [2.75, 3.05) is 25.5 Å². The number of amides is 1. The van der Waals surface area contributed by atoms with E-state index >= 15 is 0 Å². The van der Waals surface area contributed by atoms with Crippen LogP contribution in [0.15, 0.2) is 24.3 Å². The fraction of sp³-hybridized carbons (Fsp3) is 0.364. The third-order valence-corrected chi connectivity index (χ3v) is 1.89. The van der Waals surface area contributed by atoms with Crippen LogP contribution >= 0.6 is 0 Å². The van der Waals surface area contributed by atoms with Gasteiger partial charge < -0.3 is 15.4 Å². The van der Waals surface area contributed by atoms with E-state index in [-0.39, 0.29) is 5.91 Å². The van der Waals surface area contributed by atoms with E-state index in [0.717, 1.165) is 18.0 Å². The summed E-state index contributed by atoms with van der Waals surface area (Å²) in [6, 6.07) is 7.28. The minimum atomic E-state index is -0.0508. The van der Waals surface area contributed by atoms with Crippen LogP contribution < -0.4 is 15.4 Å². The molecule has 82 valence electrons. The molecule has 0 saturated carbocycles. The largest absolute Gasteiger partial charge is 0.497 e. The highest BCUT2D eigenvalue weighted by molar-refractivity contribution is 5.92. The van der Waals surface area contributed by atoms with E-state index in [1.165, 1.54) is 0 Å². The van der Waals surface area contributed by atoms with Crippen LogP contribution in [0.5, 0.6) is 5.75 Å². The van der Waals surface area contributed by atoms with Crippen LogP contribution in [0.1, 0.15) is 6.92 Å². The lowest BCUT2D eigenvalue weighted by atomic mass is 10.3. The number of hydrogen-bond donors (Lipinski definition) is 2. The molecule has 0 fully saturated rings. The maximum absolute atomic E-state index is 11.4. The Balaban J connectivity index is 2.52. The molecule has 0 saturated heterocycles. The van der Waals surface area contributed by atoms with Gasteiger partial charge in [-0.2, -0.15) is 0 Å². The van der Waals surface area contributed by atoms with E-state index in [0.29, 0.717) is 6.54 Å². The number of carbonyl (C=O) groups excluding carboxylic acids is 1. The van der Waals surface area contributed by atoms with Crippen molar-refractivity contribution in [1.82, 2.24) is 5.32 Å². The fourth-order valence-electron chi connectivity index (χ4n) is 1.14. The highest BCUT2D eigenvalue weighted by atomic mass is 16.5. The molecule has 0 unspecified atom stereocenters. The van der Waals surface area contributed by atoms with Gasteiger partial charge in [-0.15, -0.1) is 0 Å². The van der Waals surface area contributed by atoms with Crippen molar-refractivity contribution in [3.63, 3.8) is 0 Å². The molecule has 4 nitrogen and oxygen atoms in total. The summed E-state index contributed by atoms with van der Waals surface area (Å²) in [5, 5.41) is 5.72. The van der Waals surface area contributed by atoms with E-state index < -0.39 is 0 Å². The van der Waals surface area contributed by atoms with Crippen LogP contribution in [-0.4, -0.2) is 26.1 Å². The van der Waals surface area contributed by atoms with Gasteiger partial charge in [0.05, 0.1) is 13.7 Å². The topological polar surface area (TPSA) is 50.4 Å². The molecule has 0 aromatic heterocycles. The van der Waals surface area contributed by atoms with Crippen LogP contribution in [0.4, 0.5) is 5.69 Å². The molecule has 1 amide bonds. The summed E-state index contributed by atoms with van der Waals surface area (Å²) in [6.45, 7) is 3.07. The van der Waals surface area contributed by atoms with Gasteiger partial charge in [0.15, 0.2) is 0 Å². The number of ether oxygens (including phenoxy) is 1. The molecule has 1 rings (SSSR count). The molecule has 15 heavy (non-hydrogen) atoms. The number of nitrogens with one attached hydrogen (secondary N) is 2. The summed E-state index contributed by atoms with van der Waals surface area (Å²) >= 11 is 0. The van der Waals surface area contributed by atoms with Crippen LogP contribution in [-0.2, 0) is 4.79 Å². The second-order valence-electron chi connectivity index (χ2n) is 3.06. The number of rotatable bonds is 5. The molecule has 0 atom stereocenters. The quantitative estimate of drug-likeness (QED) is 0.765. The van der Waals surface area contributed by atoms with Crippen molar-refractivity contribution in [2.24, 2.45) is 0 Å². The fourth-order valence-corrected chi connectivity index (χ4v) is 1.14. The highest BCUT2D eigenvalue weighted by Crippen LogP contribution is 2.16. The minimum absolute atomic E-state index is 0.0508. The Morgan fingerprint density at radius 3 is 2.93 bits per heavy atom. The molecule has 4 heteroatoms. The van der Waals surface area contributed by atoms with E-state index in [9.17, 15) is 4.79 Å². The van der Waals surface area contributed by atoms with Crippen LogP contribution in [0.3, 0.4) is 0 Å². The number of benzene rings is 1. The Bertz CT molecular complexity index is 326. The number of methoxy groups -OCH3 is 1. The van der Waals surface area contributed by atoms with Crippen molar-refractivity contribution in [1.29, 1.82) is 0 Å². The second kappa shape index (κ2) is 6.03. The van der Waals surface area contributed by atoms with E-state index in [2.05, 4.69) is 10.6 Å². The molecule has 0 aliphatic carbocycles. The molecule has 0 aliphatic rings. The third-order valence-electron chi connectivity index (χ3n) is 1.89. The summed E-state index contributed by atoms with van der Waals surface area (Å²) in [5.74, 6) is 0.682. The van der Waals surface area contributed by atoms with Gasteiger partial charge in [-0.05, 0) is 18.7 Å². The zero-order valence-corrected chi connectivity index (χ0v) is 9.04. The van der Waals surface area contributed by atoms with Gasteiger partial charge >= 0.3 is 0 Å². The lowest BCUT2D eigenvalue weighted by Crippen LogP contribution is -2.27. The average molecular weight is 208 g/mol. The normalized spacial score (nSPS) is 9.73. The van der Waals surface area contributed by atoms with Gasteiger partial charge in [0, 0.05) is 11.8 Å². The van der Waals surface area contributed by atoms with Crippen molar-refractivity contribution in [2.45, 2.75) is 6.92 Å². The first-order chi connectivity index (χ1) is 7.26. The van der Waals surface area contributed by atoms with Crippen LogP contribution in [0, 0.1) is 0 Å². The van der Waals surface area contributed by atoms with Crippen LogP contribution in [0.25, 0.3) is 0 Å². The molecule has 0 radical (unpaired) electrons. The van der Waals surface area contributed by atoms with Crippen molar-refractivity contribution >= 4 is 11.6 Å². The van der Waals surface area contributed by atoms with E-state index in [1.807, 2.05) is 25.1 Å². The maximum Gasteiger partial charge on any atom is 0.238 e. The Hall–Kier alpha value is -1.55. The summed E-state index contributed by atoms with van der Waals surface area (Å²) in [7, 11) is 1.60. The SMILES string of the molecule is CCNCC(=O)Nc1cccc(OC)c1. The standard InChI is InChI=1S/C11H16N2O2/c1-3-12-8-11(14)13-9-5-4-6-10(7-9)15-2/h4-7,12H,3,8H2,1-2H3,(H,13,14). The summed E-state index contributed by atoms with van der Waals surface area (Å²) < 4.78 is 5.05. The third kappa shape index (κ3) is 3.99. The number of carbonyl (C=O) groups is 1. The lowest BCUT2D eigenvalue weighted by molar-refractivity contribution is -0.115. The van der Waals surface area contributed by atoms with E-state index in [1.54, 1.807) is 13.2 Å². The molecule has 0 aliphatic heterocycles. The summed E-state index contributed by atoms with van der Waals surface area (Å²) in [6.07, 6.45) is 0. The predicted molar refractivity (Wildman–Crippen MR) is 60.2 cm³/mol. The van der Waals surface area contributed by atoms with Crippen molar-refractivity contribution in [3.8, 4) is 5.75 Å². The first-order valence-corrected chi connectivity index (χ1v) is 4.91. The zero-order valence-electron chi connectivity index (χ0n) is 9.04. The molecular formula is C11H16N2O2. The smallest absolute Gasteiger partial charge is 0.238 e. The first-order valence-electron chi connectivity index (χ1n) is 4.91. The van der Waals surface area contributed by atoms with Gasteiger partial charge in [0.1, 0.15) is 5.75 Å². The maximum atomic E-state index is 11.4. The Labute approximate surface area is 89.6 Å². The Kier molecular flexibility index (Phi) is 4.63. The number of hydrogen-bond acceptors (Lipinski definition) is 3. The minimum Gasteiger partial charge on any atom is -0.497 e. The van der Waals surface area contributed by atoms with Crippen molar-refractivity contribution in [3.05, 3.63) is 24.3 Å². The molecule has 0 spiro atoms. The second-order valence-corrected chi connectivity index (χ2v) is 3.06. The molecule has 0 bridgehead atoms. The molecular weight excluding hydrogens is 192 g/mol. The van der Waals surface area contributed by atoms with Gasteiger partial charge in [0.2, 0.25) is 5.91 Å². The van der Waals surface area contributed by atoms with E-state index in [4.69, 9.17) is 4.74 Å². The van der Waals surface area contributed by atoms with Gasteiger partial charge in [-0.1, -0.05) is 13.0 Å².